The molecule has 30 heavy (non-hydrogen) atoms. The first-order chi connectivity index (χ1) is 14.3. The highest BCUT2D eigenvalue weighted by Gasteiger charge is 2.24. The normalized spacial score (nSPS) is 12.5. The number of amides is 2. The van der Waals surface area contributed by atoms with E-state index < -0.39 is 12.1 Å². The molecule has 2 atom stereocenters. The number of nitrogens with zero attached hydrogens (tertiary/aromatic N) is 1. The van der Waals surface area contributed by atoms with E-state index in [1.54, 1.807) is 0 Å². The molecular formula is C21H33N5O4. The molecular weight excluding hydrogens is 386 g/mol. The minimum absolute atomic E-state index is 0.00184. The van der Waals surface area contributed by atoms with Crippen LogP contribution < -0.4 is 22.1 Å². The van der Waals surface area contributed by atoms with Gasteiger partial charge in [-0.25, -0.2) is 4.79 Å². The van der Waals surface area contributed by atoms with Gasteiger partial charge in [-0.05, 0) is 24.3 Å². The zero-order valence-electron chi connectivity index (χ0n) is 17.7. The molecule has 0 saturated heterocycles. The first-order valence-corrected chi connectivity index (χ1v) is 10.1. The van der Waals surface area contributed by atoms with Crippen molar-refractivity contribution in [1.29, 1.82) is 0 Å². The Morgan fingerprint density at radius 3 is 2.47 bits per heavy atom. The number of aldehydes is 1. The number of nitrogens with one attached hydrogen (secondary N) is 2. The van der Waals surface area contributed by atoms with Crippen molar-refractivity contribution in [3.8, 4) is 0 Å². The summed E-state index contributed by atoms with van der Waals surface area (Å²) in [6.45, 7) is 4.51. The van der Waals surface area contributed by atoms with E-state index in [1.807, 2.05) is 44.2 Å². The van der Waals surface area contributed by atoms with Crippen LogP contribution in [-0.4, -0.2) is 49.5 Å². The van der Waals surface area contributed by atoms with Crippen LogP contribution in [0.15, 0.2) is 35.3 Å². The van der Waals surface area contributed by atoms with E-state index in [1.165, 1.54) is 0 Å². The summed E-state index contributed by atoms with van der Waals surface area (Å²) in [5.74, 6) is -0.202. The highest BCUT2D eigenvalue weighted by atomic mass is 16.5. The van der Waals surface area contributed by atoms with Gasteiger partial charge in [0.05, 0.1) is 6.61 Å². The van der Waals surface area contributed by atoms with Crippen molar-refractivity contribution in [2.24, 2.45) is 22.4 Å². The van der Waals surface area contributed by atoms with Crippen LogP contribution in [0.25, 0.3) is 0 Å². The van der Waals surface area contributed by atoms with E-state index in [2.05, 4.69) is 15.6 Å². The fourth-order valence-corrected chi connectivity index (χ4v) is 2.70. The lowest BCUT2D eigenvalue weighted by Gasteiger charge is -2.22. The zero-order chi connectivity index (χ0) is 22.4. The first kappa shape index (κ1) is 24.9. The number of carbonyl (C=O) groups excluding carboxylic acids is 3. The van der Waals surface area contributed by atoms with Crippen LogP contribution in [-0.2, 0) is 20.7 Å². The maximum absolute atomic E-state index is 12.9. The molecule has 6 N–H and O–H groups in total. The average molecular weight is 420 g/mol. The molecule has 0 fully saturated rings. The molecule has 0 aromatic heterocycles. The third-order valence-corrected chi connectivity index (χ3v) is 4.17. The molecule has 0 bridgehead atoms. The van der Waals surface area contributed by atoms with Crippen molar-refractivity contribution in [2.75, 3.05) is 13.2 Å². The Balaban J connectivity index is 2.77. The Labute approximate surface area is 177 Å². The quantitative estimate of drug-likeness (QED) is 0.163. The molecule has 0 aliphatic rings. The van der Waals surface area contributed by atoms with E-state index in [4.69, 9.17) is 16.2 Å². The van der Waals surface area contributed by atoms with Crippen molar-refractivity contribution in [2.45, 2.75) is 51.6 Å². The minimum Gasteiger partial charge on any atom is -0.449 e. The van der Waals surface area contributed by atoms with Crippen molar-refractivity contribution in [1.82, 2.24) is 10.6 Å². The van der Waals surface area contributed by atoms with Crippen LogP contribution in [0.5, 0.6) is 0 Å². The molecule has 166 valence electrons. The Bertz CT molecular complexity index is 690. The summed E-state index contributed by atoms with van der Waals surface area (Å²) in [4.78, 5) is 39.9. The van der Waals surface area contributed by atoms with Crippen molar-refractivity contribution >= 4 is 24.2 Å². The first-order valence-electron chi connectivity index (χ1n) is 10.1. The molecule has 2 amide bonds. The van der Waals surface area contributed by atoms with Gasteiger partial charge in [0.2, 0.25) is 5.91 Å². The van der Waals surface area contributed by atoms with Crippen LogP contribution in [0.1, 0.15) is 38.7 Å². The summed E-state index contributed by atoms with van der Waals surface area (Å²) in [5.41, 5.74) is 11.5. The van der Waals surface area contributed by atoms with E-state index in [-0.39, 0.29) is 36.9 Å². The summed E-state index contributed by atoms with van der Waals surface area (Å²) < 4.78 is 5.15. The topological polar surface area (TPSA) is 149 Å². The Morgan fingerprint density at radius 2 is 1.87 bits per heavy atom. The maximum atomic E-state index is 12.9. The van der Waals surface area contributed by atoms with Gasteiger partial charge >= 0.3 is 6.09 Å². The van der Waals surface area contributed by atoms with Crippen molar-refractivity contribution in [3.63, 3.8) is 0 Å². The molecule has 0 spiro atoms. The lowest BCUT2D eigenvalue weighted by atomic mass is 10.0. The molecule has 1 rings (SSSR count). The van der Waals surface area contributed by atoms with Crippen LogP contribution in [0.2, 0.25) is 0 Å². The molecule has 0 aliphatic heterocycles. The molecule has 0 aliphatic carbocycles. The number of ether oxygens (including phenoxy) is 1. The smallest absolute Gasteiger partial charge is 0.407 e. The van der Waals surface area contributed by atoms with Gasteiger partial charge in [0.15, 0.2) is 5.96 Å². The van der Waals surface area contributed by atoms with E-state index in [9.17, 15) is 14.4 Å². The average Bonchev–Trinajstić information content (AvgIpc) is 2.69. The van der Waals surface area contributed by atoms with Gasteiger partial charge in [0.1, 0.15) is 12.3 Å². The van der Waals surface area contributed by atoms with Crippen molar-refractivity contribution < 1.29 is 19.1 Å². The number of alkyl carbamates (subject to hydrolysis) is 1. The minimum atomic E-state index is -0.834. The van der Waals surface area contributed by atoms with Crippen molar-refractivity contribution in [3.05, 3.63) is 35.9 Å². The summed E-state index contributed by atoms with van der Waals surface area (Å²) in [6, 6.07) is 8.13. The van der Waals surface area contributed by atoms with E-state index in [0.29, 0.717) is 25.8 Å². The summed E-state index contributed by atoms with van der Waals surface area (Å²) in [5, 5.41) is 5.48. The SMILES string of the molecule is CC(C)COC(=O)N[C@@H](Cc1ccccc1)C(=O)N[C@H](CC=O)CCCN=C(N)N. The van der Waals surface area contributed by atoms with Gasteiger partial charge in [0, 0.05) is 25.4 Å². The fourth-order valence-electron chi connectivity index (χ4n) is 2.70. The second-order valence-corrected chi connectivity index (χ2v) is 7.44. The van der Waals surface area contributed by atoms with Crippen LogP contribution in [0.4, 0.5) is 4.79 Å². The number of carbonyl (C=O) groups is 3. The van der Waals surface area contributed by atoms with Crippen LogP contribution >= 0.6 is 0 Å². The molecule has 1 aromatic rings. The molecule has 9 nitrogen and oxygen atoms in total. The second-order valence-electron chi connectivity index (χ2n) is 7.44. The van der Waals surface area contributed by atoms with Crippen LogP contribution in [0.3, 0.4) is 0 Å². The number of rotatable bonds is 13. The van der Waals surface area contributed by atoms with E-state index >= 15 is 0 Å². The van der Waals surface area contributed by atoms with Gasteiger partial charge in [-0.15, -0.1) is 0 Å². The van der Waals surface area contributed by atoms with Gasteiger partial charge in [-0.2, -0.15) is 0 Å². The summed E-state index contributed by atoms with van der Waals surface area (Å²) >= 11 is 0. The molecule has 9 heteroatoms. The predicted molar refractivity (Wildman–Crippen MR) is 116 cm³/mol. The van der Waals surface area contributed by atoms with Crippen LogP contribution in [0, 0.1) is 5.92 Å². The third kappa shape index (κ3) is 11.0. The number of guanidine groups is 1. The highest BCUT2D eigenvalue weighted by Crippen LogP contribution is 2.07. The number of hydrogen-bond acceptors (Lipinski definition) is 5. The maximum Gasteiger partial charge on any atom is 0.407 e. The monoisotopic (exact) mass is 419 g/mol. The number of aliphatic imine (C=N–C) groups is 1. The fraction of sp³-hybridized carbons (Fsp3) is 0.524. The molecule has 1 aromatic carbocycles. The number of nitrogens with two attached hydrogens (primary N) is 2. The lowest BCUT2D eigenvalue weighted by Crippen LogP contribution is -2.51. The molecule has 0 radical (unpaired) electrons. The summed E-state index contributed by atoms with van der Waals surface area (Å²) in [7, 11) is 0. The Kier molecular flexibility index (Phi) is 11.6. The number of benzene rings is 1. The number of hydrogen-bond donors (Lipinski definition) is 4. The standard InChI is InChI=1S/C21H33N5O4/c1-15(2)14-30-21(29)26-18(13-16-7-4-3-5-8-16)19(28)25-17(10-12-27)9-6-11-24-20(22)23/h3-5,7-8,12,15,17-18H,6,9-11,13-14H2,1-2H3,(H,25,28)(H,26,29)(H4,22,23,24)/t17-,18-/m0/s1. The Morgan fingerprint density at radius 1 is 1.17 bits per heavy atom. The van der Waals surface area contributed by atoms with Gasteiger partial charge in [0.25, 0.3) is 0 Å². The second kappa shape index (κ2) is 14.0. The Hall–Kier alpha value is -3.10. The van der Waals surface area contributed by atoms with E-state index in [0.717, 1.165) is 11.8 Å². The molecule has 0 saturated carbocycles. The van der Waals surface area contributed by atoms with Gasteiger partial charge in [-0.3, -0.25) is 9.79 Å². The third-order valence-electron chi connectivity index (χ3n) is 4.17. The predicted octanol–water partition coefficient (Wildman–Crippen LogP) is 1.11. The molecule has 0 unspecified atom stereocenters. The van der Waals surface area contributed by atoms with Gasteiger partial charge in [-0.1, -0.05) is 44.2 Å². The molecule has 0 heterocycles. The summed E-state index contributed by atoms with van der Waals surface area (Å²) in [6.07, 6.45) is 1.68. The lowest BCUT2D eigenvalue weighted by molar-refractivity contribution is -0.124. The zero-order valence-corrected chi connectivity index (χ0v) is 17.7. The highest BCUT2D eigenvalue weighted by molar-refractivity contribution is 5.86. The van der Waals surface area contributed by atoms with Gasteiger partial charge < -0.3 is 31.6 Å². The largest absolute Gasteiger partial charge is 0.449 e.